The van der Waals surface area contributed by atoms with Gasteiger partial charge in [-0.25, -0.2) is 4.39 Å². The average molecular weight is 544 g/mol. The number of carbonyl (C=O) groups excluding carboxylic acids is 2. The third-order valence-electron chi connectivity index (χ3n) is 9.31. The number of para-hydroxylation sites is 1. The second kappa shape index (κ2) is 10.3. The highest BCUT2D eigenvalue weighted by Crippen LogP contribution is 2.47. The third kappa shape index (κ3) is 4.36. The summed E-state index contributed by atoms with van der Waals surface area (Å²) in [6.45, 7) is 0.177. The van der Waals surface area contributed by atoms with Crippen LogP contribution in [0.25, 0.3) is 10.9 Å². The highest BCUT2D eigenvalue weighted by atomic mass is 19.1. The van der Waals surface area contributed by atoms with Gasteiger partial charge in [-0.1, -0.05) is 56.4 Å². The van der Waals surface area contributed by atoms with Gasteiger partial charge in [0.15, 0.2) is 0 Å². The number of carbonyl (C=O) groups is 2. The monoisotopic (exact) mass is 543 g/mol. The molecule has 1 aliphatic carbocycles. The quantitative estimate of drug-likeness (QED) is 0.423. The molecule has 0 radical (unpaired) electrons. The van der Waals surface area contributed by atoms with Crippen molar-refractivity contribution in [1.82, 2.24) is 14.8 Å². The van der Waals surface area contributed by atoms with Crippen LogP contribution in [-0.4, -0.2) is 63.6 Å². The molecule has 1 unspecified atom stereocenters. The number of anilines is 1. The standard InChI is InChI=1S/C31H34FN5O3/c1-36(28(38)26-15-21-23(32)11-7-13-24(21)34-26)27(14-19-8-3-2-4-9-19)29(39)37-18-31(16-20(37)17-33)22-10-5-6-12-25(22)35-30(31)40/h5-7,10-13,15,19-20,27,29,34,39H,2-4,8-9,14,16,18H2,1H3,(H,35,40)/t20-,27-,29?,31-/m0/s1. The topological polar surface area (TPSA) is 112 Å². The number of aliphatic hydroxyl groups is 1. The highest BCUT2D eigenvalue weighted by molar-refractivity contribution is 6.07. The van der Waals surface area contributed by atoms with E-state index >= 15 is 0 Å². The Balaban J connectivity index is 1.32. The van der Waals surface area contributed by atoms with E-state index in [1.165, 1.54) is 23.5 Å². The predicted molar refractivity (Wildman–Crippen MR) is 149 cm³/mol. The molecule has 1 spiro atoms. The number of nitrogens with zero attached hydrogens (tertiary/aromatic N) is 3. The maximum atomic E-state index is 14.4. The van der Waals surface area contributed by atoms with Crippen molar-refractivity contribution in [2.75, 3.05) is 18.9 Å². The molecule has 1 aromatic heterocycles. The highest BCUT2D eigenvalue weighted by Gasteiger charge is 2.57. The van der Waals surface area contributed by atoms with E-state index < -0.39 is 29.5 Å². The van der Waals surface area contributed by atoms with E-state index in [2.05, 4.69) is 16.4 Å². The molecule has 2 amide bonds. The van der Waals surface area contributed by atoms with Crippen LogP contribution in [0.3, 0.4) is 0 Å². The van der Waals surface area contributed by atoms with Gasteiger partial charge in [0.25, 0.3) is 5.91 Å². The van der Waals surface area contributed by atoms with Crippen LogP contribution in [-0.2, 0) is 10.2 Å². The Labute approximate surface area is 232 Å². The van der Waals surface area contributed by atoms with E-state index in [1.54, 1.807) is 24.1 Å². The molecular weight excluding hydrogens is 509 g/mol. The summed E-state index contributed by atoms with van der Waals surface area (Å²) in [5.74, 6) is -0.612. The van der Waals surface area contributed by atoms with E-state index in [4.69, 9.17) is 0 Å². The number of amides is 2. The Morgan fingerprint density at radius 1 is 1.23 bits per heavy atom. The van der Waals surface area contributed by atoms with Crippen LogP contribution < -0.4 is 5.32 Å². The van der Waals surface area contributed by atoms with Crippen molar-refractivity contribution in [2.45, 2.75) is 68.7 Å². The van der Waals surface area contributed by atoms with Gasteiger partial charge in [0, 0.05) is 30.2 Å². The van der Waals surface area contributed by atoms with Gasteiger partial charge in [0.2, 0.25) is 5.91 Å². The smallest absolute Gasteiger partial charge is 0.270 e. The molecule has 3 aliphatic rings. The van der Waals surface area contributed by atoms with Crippen LogP contribution >= 0.6 is 0 Å². The van der Waals surface area contributed by atoms with Gasteiger partial charge in [0.1, 0.15) is 23.8 Å². The van der Waals surface area contributed by atoms with Crippen molar-refractivity contribution in [3.63, 3.8) is 0 Å². The first-order valence-corrected chi connectivity index (χ1v) is 14.1. The molecule has 2 aromatic carbocycles. The number of aromatic nitrogens is 1. The summed E-state index contributed by atoms with van der Waals surface area (Å²) >= 11 is 0. The van der Waals surface area contributed by atoms with Crippen LogP contribution in [0, 0.1) is 23.1 Å². The maximum Gasteiger partial charge on any atom is 0.270 e. The van der Waals surface area contributed by atoms with Gasteiger partial charge in [0.05, 0.1) is 17.5 Å². The zero-order chi connectivity index (χ0) is 28.0. The molecule has 1 saturated carbocycles. The lowest BCUT2D eigenvalue weighted by molar-refractivity contribution is -0.121. The van der Waals surface area contributed by atoms with Crippen LogP contribution in [0.2, 0.25) is 0 Å². The minimum absolute atomic E-state index is 0.169. The summed E-state index contributed by atoms with van der Waals surface area (Å²) < 4.78 is 14.4. The van der Waals surface area contributed by atoms with E-state index in [-0.39, 0.29) is 30.5 Å². The largest absolute Gasteiger partial charge is 0.376 e. The Kier molecular flexibility index (Phi) is 6.85. The number of likely N-dealkylation sites (N-methyl/N-ethyl adjacent to an activating group) is 1. The molecule has 40 heavy (non-hydrogen) atoms. The normalized spacial score (nSPS) is 24.6. The van der Waals surface area contributed by atoms with E-state index in [0.717, 1.165) is 36.9 Å². The molecule has 208 valence electrons. The molecule has 1 saturated heterocycles. The first-order valence-electron chi connectivity index (χ1n) is 14.1. The number of aliphatic hydroxyl groups excluding tert-OH is 1. The molecule has 3 aromatic rings. The minimum atomic E-state index is -1.17. The van der Waals surface area contributed by atoms with Crippen molar-refractivity contribution < 1.29 is 19.1 Å². The van der Waals surface area contributed by atoms with Crippen LogP contribution in [0.15, 0.2) is 48.5 Å². The molecule has 0 bridgehead atoms. The Bertz CT molecular complexity index is 1490. The third-order valence-corrected chi connectivity index (χ3v) is 9.31. The Hall–Kier alpha value is -3.74. The fraction of sp³-hybridized carbons (Fsp3) is 0.452. The van der Waals surface area contributed by atoms with Crippen molar-refractivity contribution >= 4 is 28.4 Å². The maximum absolute atomic E-state index is 14.4. The number of aromatic amines is 1. The number of rotatable bonds is 6. The molecular formula is C31H34FN5O3. The van der Waals surface area contributed by atoms with Crippen LogP contribution in [0.5, 0.6) is 0 Å². The number of hydrogen-bond donors (Lipinski definition) is 3. The molecule has 9 heteroatoms. The average Bonchev–Trinajstić information content (AvgIpc) is 3.66. The lowest BCUT2D eigenvalue weighted by Gasteiger charge is -2.40. The molecule has 8 nitrogen and oxygen atoms in total. The number of halogens is 1. The molecule has 6 rings (SSSR count). The molecule has 2 fully saturated rings. The predicted octanol–water partition coefficient (Wildman–Crippen LogP) is 4.52. The zero-order valence-electron chi connectivity index (χ0n) is 22.6. The second-order valence-corrected chi connectivity index (χ2v) is 11.6. The SMILES string of the molecule is CN(C(=O)c1cc2c(F)cccc2[nH]1)[C@@H](CC1CCCCC1)C(O)N1C[C@]2(C[C@H]1C#N)C(=O)Nc1ccccc12. The summed E-state index contributed by atoms with van der Waals surface area (Å²) in [7, 11) is 1.66. The lowest BCUT2D eigenvalue weighted by atomic mass is 9.80. The summed E-state index contributed by atoms with van der Waals surface area (Å²) in [4.78, 5) is 33.3. The molecule has 4 atom stereocenters. The number of nitriles is 1. The summed E-state index contributed by atoms with van der Waals surface area (Å²) in [5.41, 5.74) is 1.39. The zero-order valence-corrected chi connectivity index (χ0v) is 22.6. The number of fused-ring (bicyclic) bond motifs is 3. The molecule has 3 N–H and O–H groups in total. The fourth-order valence-electron chi connectivity index (χ4n) is 7.10. The van der Waals surface area contributed by atoms with Gasteiger partial charge >= 0.3 is 0 Å². The summed E-state index contributed by atoms with van der Waals surface area (Å²) in [6.07, 6.45) is 5.10. The fourth-order valence-corrected chi connectivity index (χ4v) is 7.10. The van der Waals surface area contributed by atoms with Crippen molar-refractivity contribution in [2.24, 2.45) is 5.92 Å². The number of H-pyrrole nitrogens is 1. The minimum Gasteiger partial charge on any atom is -0.376 e. The van der Waals surface area contributed by atoms with Crippen molar-refractivity contribution in [3.05, 3.63) is 65.6 Å². The van der Waals surface area contributed by atoms with E-state index in [1.807, 2.05) is 24.3 Å². The number of likely N-dealkylation sites (tertiary alicyclic amines) is 1. The van der Waals surface area contributed by atoms with Gasteiger partial charge in [-0.15, -0.1) is 0 Å². The van der Waals surface area contributed by atoms with Gasteiger partial charge in [-0.05, 0) is 48.6 Å². The van der Waals surface area contributed by atoms with E-state index in [0.29, 0.717) is 23.2 Å². The molecule has 3 heterocycles. The molecule has 2 aliphatic heterocycles. The second-order valence-electron chi connectivity index (χ2n) is 11.6. The van der Waals surface area contributed by atoms with Gasteiger partial charge in [-0.2, -0.15) is 5.26 Å². The van der Waals surface area contributed by atoms with E-state index in [9.17, 15) is 24.3 Å². The first kappa shape index (κ1) is 26.5. The van der Waals surface area contributed by atoms with Gasteiger partial charge < -0.3 is 20.3 Å². The Morgan fingerprint density at radius 3 is 2.75 bits per heavy atom. The lowest BCUT2D eigenvalue weighted by Crippen LogP contribution is -2.55. The van der Waals surface area contributed by atoms with Crippen molar-refractivity contribution in [1.29, 1.82) is 5.26 Å². The first-order chi connectivity index (χ1) is 19.3. The summed E-state index contributed by atoms with van der Waals surface area (Å²) in [5, 5.41) is 25.4. The number of nitrogens with one attached hydrogen (secondary N) is 2. The van der Waals surface area contributed by atoms with Gasteiger partial charge in [-0.3, -0.25) is 14.5 Å². The summed E-state index contributed by atoms with van der Waals surface area (Å²) in [6, 6.07) is 14.6. The van der Waals surface area contributed by atoms with Crippen molar-refractivity contribution in [3.8, 4) is 6.07 Å². The number of hydrogen-bond acceptors (Lipinski definition) is 5. The van der Waals surface area contributed by atoms with Crippen LogP contribution in [0.4, 0.5) is 10.1 Å². The van der Waals surface area contributed by atoms with Crippen LogP contribution in [0.1, 0.15) is 61.0 Å². The Morgan fingerprint density at radius 2 is 2.00 bits per heavy atom. The number of benzene rings is 2.